The molecule has 5 rings (SSSR count). The van der Waals surface area contributed by atoms with E-state index in [1.54, 1.807) is 12.2 Å². The molecule has 4 heteroatoms. The molecule has 0 N–H and O–H groups in total. The normalized spacial score (nSPS) is 18.6. The molecule has 3 aromatic carbocycles. The Bertz CT molecular complexity index is 1270. The van der Waals surface area contributed by atoms with Gasteiger partial charge in [0.05, 0.1) is 29.6 Å². The lowest BCUT2D eigenvalue weighted by Gasteiger charge is -2.22. The fraction of sp³-hybridized carbons (Fsp3) is 0.148. The van der Waals surface area contributed by atoms with Gasteiger partial charge in [-0.3, -0.25) is 14.3 Å². The van der Waals surface area contributed by atoms with Crippen LogP contribution in [-0.2, 0) is 22.6 Å². The molecule has 2 atom stereocenters. The summed E-state index contributed by atoms with van der Waals surface area (Å²) >= 11 is 0. The number of para-hydroxylation sites is 1. The van der Waals surface area contributed by atoms with E-state index in [0.717, 1.165) is 27.7 Å². The van der Waals surface area contributed by atoms with Crippen LogP contribution < -0.4 is 0 Å². The van der Waals surface area contributed by atoms with E-state index in [4.69, 9.17) is 5.10 Å². The van der Waals surface area contributed by atoms with Gasteiger partial charge >= 0.3 is 0 Å². The van der Waals surface area contributed by atoms with Crippen molar-refractivity contribution in [3.8, 4) is 0 Å². The molecule has 0 saturated carbocycles. The minimum Gasteiger partial charge on any atom is -0.298 e. The Labute approximate surface area is 180 Å². The summed E-state index contributed by atoms with van der Waals surface area (Å²) in [6, 6.07) is 27.8. The molecule has 0 amide bonds. The summed E-state index contributed by atoms with van der Waals surface area (Å²) in [4.78, 5) is 25.9. The van der Waals surface area contributed by atoms with Crippen molar-refractivity contribution < 1.29 is 9.59 Å². The molecule has 4 nitrogen and oxygen atoms in total. The van der Waals surface area contributed by atoms with Crippen LogP contribution in [0.2, 0.25) is 0 Å². The van der Waals surface area contributed by atoms with Crippen LogP contribution in [0.4, 0.5) is 0 Å². The van der Waals surface area contributed by atoms with Crippen molar-refractivity contribution in [2.75, 3.05) is 0 Å². The van der Waals surface area contributed by atoms with Crippen LogP contribution >= 0.6 is 0 Å². The fourth-order valence-corrected chi connectivity index (χ4v) is 4.31. The maximum Gasteiger partial charge on any atom is 0.166 e. The number of benzene rings is 3. The molecular formula is C27H22N2O2. The van der Waals surface area contributed by atoms with E-state index in [9.17, 15) is 9.59 Å². The number of carbonyl (C=O) groups is 2. The average Bonchev–Trinajstić information content (AvgIpc) is 3.15. The van der Waals surface area contributed by atoms with Gasteiger partial charge in [0.25, 0.3) is 0 Å². The molecule has 4 aromatic rings. The first-order chi connectivity index (χ1) is 15.2. The summed E-state index contributed by atoms with van der Waals surface area (Å²) in [6.07, 6.45) is 3.60. The van der Waals surface area contributed by atoms with Crippen molar-refractivity contribution in [3.63, 3.8) is 0 Å². The largest absolute Gasteiger partial charge is 0.298 e. The first kappa shape index (κ1) is 19.2. The van der Waals surface area contributed by atoms with E-state index < -0.39 is 5.92 Å². The number of carbonyl (C=O) groups excluding carboxylic acids is 2. The number of Topliss-reactive ketones (excluding diaryl/α,β-unsaturated/α-hetero) is 1. The first-order valence-electron chi connectivity index (χ1n) is 10.5. The second-order valence-corrected chi connectivity index (χ2v) is 7.92. The van der Waals surface area contributed by atoms with Gasteiger partial charge in [0.2, 0.25) is 0 Å². The lowest BCUT2D eigenvalue weighted by Crippen LogP contribution is -2.32. The van der Waals surface area contributed by atoms with Crippen LogP contribution in [0.5, 0.6) is 0 Å². The van der Waals surface area contributed by atoms with E-state index in [1.165, 1.54) is 0 Å². The molecule has 1 heterocycles. The van der Waals surface area contributed by atoms with E-state index in [1.807, 2.05) is 77.5 Å². The van der Waals surface area contributed by atoms with Crippen LogP contribution in [-0.4, -0.2) is 21.3 Å². The van der Waals surface area contributed by atoms with Gasteiger partial charge in [0, 0.05) is 11.8 Å². The van der Waals surface area contributed by atoms with Gasteiger partial charge in [-0.05, 0) is 23.3 Å². The monoisotopic (exact) mass is 406 g/mol. The average molecular weight is 406 g/mol. The zero-order valence-electron chi connectivity index (χ0n) is 17.0. The number of rotatable bonds is 5. The van der Waals surface area contributed by atoms with Crippen LogP contribution in [0.25, 0.3) is 10.9 Å². The molecule has 0 fully saturated rings. The number of aromatic nitrogens is 2. The van der Waals surface area contributed by atoms with Gasteiger partial charge in [-0.1, -0.05) is 84.9 Å². The standard InChI is InChI=1S/C27H22N2O2/c30-26-16-15-21(20-11-5-2-6-12-20)27(31)23(26)17-24-22-13-7-8-14-25(22)29(28-24)18-19-9-3-1-4-10-19/h1-16,21,23H,17-18H2. The predicted molar refractivity (Wildman–Crippen MR) is 121 cm³/mol. The Kier molecular flexibility index (Phi) is 5.04. The lowest BCUT2D eigenvalue weighted by molar-refractivity contribution is -0.131. The van der Waals surface area contributed by atoms with E-state index in [2.05, 4.69) is 12.1 Å². The fourth-order valence-electron chi connectivity index (χ4n) is 4.31. The minimum atomic E-state index is -0.710. The van der Waals surface area contributed by atoms with Crippen molar-refractivity contribution in [3.05, 3.63) is 114 Å². The molecule has 0 spiro atoms. The molecule has 1 aromatic heterocycles. The van der Waals surface area contributed by atoms with Crippen LogP contribution in [0, 0.1) is 5.92 Å². The second kappa shape index (κ2) is 8.15. The molecule has 2 unspecified atom stereocenters. The third kappa shape index (κ3) is 3.73. The molecule has 1 aliphatic rings. The number of hydrogen-bond acceptors (Lipinski definition) is 3. The van der Waals surface area contributed by atoms with Gasteiger partial charge in [0.1, 0.15) is 0 Å². The summed E-state index contributed by atoms with van der Waals surface area (Å²) in [5.41, 5.74) is 3.87. The van der Waals surface area contributed by atoms with Crippen molar-refractivity contribution in [2.45, 2.75) is 18.9 Å². The molecule has 0 saturated heterocycles. The SMILES string of the molecule is O=C1C=CC(c2ccccc2)C(=O)C1Cc1nn(Cc2ccccc2)c2ccccc12. The number of allylic oxidation sites excluding steroid dienone is 2. The topological polar surface area (TPSA) is 52.0 Å². The maximum absolute atomic E-state index is 13.3. The number of ketones is 2. The Morgan fingerprint density at radius 3 is 2.26 bits per heavy atom. The van der Waals surface area contributed by atoms with Crippen LogP contribution in [0.3, 0.4) is 0 Å². The highest BCUT2D eigenvalue weighted by molar-refractivity contribution is 6.13. The van der Waals surface area contributed by atoms with Gasteiger partial charge < -0.3 is 0 Å². The summed E-state index contributed by atoms with van der Waals surface area (Å²) in [7, 11) is 0. The maximum atomic E-state index is 13.3. The number of fused-ring (bicyclic) bond motifs is 1. The lowest BCUT2D eigenvalue weighted by atomic mass is 9.78. The van der Waals surface area contributed by atoms with Crippen molar-refractivity contribution >= 4 is 22.5 Å². The van der Waals surface area contributed by atoms with Gasteiger partial charge in [0.15, 0.2) is 11.6 Å². The third-order valence-corrected chi connectivity index (χ3v) is 5.91. The van der Waals surface area contributed by atoms with E-state index >= 15 is 0 Å². The smallest absolute Gasteiger partial charge is 0.166 e. The van der Waals surface area contributed by atoms with Gasteiger partial charge in [-0.25, -0.2) is 0 Å². The molecule has 152 valence electrons. The minimum absolute atomic E-state index is 0.0552. The predicted octanol–water partition coefficient (Wildman–Crippen LogP) is 4.74. The highest BCUT2D eigenvalue weighted by Crippen LogP contribution is 2.30. The zero-order chi connectivity index (χ0) is 21.2. The van der Waals surface area contributed by atoms with Gasteiger partial charge in [-0.2, -0.15) is 5.10 Å². The third-order valence-electron chi connectivity index (χ3n) is 5.91. The Morgan fingerprint density at radius 2 is 1.48 bits per heavy atom. The summed E-state index contributed by atoms with van der Waals surface area (Å²) in [6.45, 7) is 0.639. The summed E-state index contributed by atoms with van der Waals surface area (Å²) in [5.74, 6) is -1.29. The molecule has 31 heavy (non-hydrogen) atoms. The molecule has 0 radical (unpaired) electrons. The Morgan fingerprint density at radius 1 is 0.806 bits per heavy atom. The van der Waals surface area contributed by atoms with E-state index in [0.29, 0.717) is 13.0 Å². The summed E-state index contributed by atoms with van der Waals surface area (Å²) in [5, 5.41) is 5.82. The molecule has 0 bridgehead atoms. The highest BCUT2D eigenvalue weighted by atomic mass is 16.2. The Balaban J connectivity index is 1.48. The van der Waals surface area contributed by atoms with Crippen molar-refractivity contribution in [1.82, 2.24) is 9.78 Å². The van der Waals surface area contributed by atoms with Crippen LogP contribution in [0.1, 0.15) is 22.7 Å². The molecule has 1 aliphatic carbocycles. The second-order valence-electron chi connectivity index (χ2n) is 7.92. The van der Waals surface area contributed by atoms with Crippen molar-refractivity contribution in [1.29, 1.82) is 0 Å². The van der Waals surface area contributed by atoms with Crippen LogP contribution in [0.15, 0.2) is 97.1 Å². The van der Waals surface area contributed by atoms with Gasteiger partial charge in [-0.15, -0.1) is 0 Å². The summed E-state index contributed by atoms with van der Waals surface area (Å²) < 4.78 is 1.96. The zero-order valence-corrected chi connectivity index (χ0v) is 17.0. The van der Waals surface area contributed by atoms with E-state index in [-0.39, 0.29) is 17.5 Å². The number of nitrogens with zero attached hydrogens (tertiary/aromatic N) is 2. The first-order valence-corrected chi connectivity index (χ1v) is 10.5. The molecular weight excluding hydrogens is 384 g/mol. The Hall–Kier alpha value is -3.79. The molecule has 0 aliphatic heterocycles. The quantitative estimate of drug-likeness (QED) is 0.450. The number of hydrogen-bond donors (Lipinski definition) is 0. The van der Waals surface area contributed by atoms with Crippen molar-refractivity contribution in [2.24, 2.45) is 5.92 Å². The highest BCUT2D eigenvalue weighted by Gasteiger charge is 2.35.